The number of unbranched alkanes of at least 4 members (excludes halogenated alkanes) is 3. The molecule has 2 N–H and O–H groups in total. The van der Waals surface area contributed by atoms with E-state index in [1.807, 2.05) is 26.0 Å². The van der Waals surface area contributed by atoms with Crippen LogP contribution in [-0.2, 0) is 19.1 Å². The molecule has 3 saturated heterocycles. The molecular weight excluding hydrogens is 496 g/mol. The molecule has 3 aliphatic rings. The van der Waals surface area contributed by atoms with Gasteiger partial charge in [-0.3, -0.25) is 14.4 Å². The number of halogens is 1. The van der Waals surface area contributed by atoms with Gasteiger partial charge < -0.3 is 24.7 Å². The van der Waals surface area contributed by atoms with Crippen molar-refractivity contribution in [1.82, 2.24) is 4.90 Å². The average molecular weight is 533 g/mol. The molecule has 1 aromatic rings. The number of benzene rings is 1. The number of carboxylic acids is 1. The maximum atomic E-state index is 14.5. The number of fused-ring (bicyclic) bond motifs is 1. The number of nitrogens with zero attached hydrogens (tertiary/aromatic N) is 2. The Labute approximate surface area is 223 Å². The summed E-state index contributed by atoms with van der Waals surface area (Å²) in [4.78, 5) is 44.1. The van der Waals surface area contributed by atoms with E-state index in [1.54, 1.807) is 21.9 Å². The second-order valence-electron chi connectivity index (χ2n) is 10.5. The van der Waals surface area contributed by atoms with Crippen molar-refractivity contribution in [3.05, 3.63) is 41.4 Å². The molecule has 9 heteroatoms. The topological polar surface area (TPSA) is 107 Å². The SMILES string of the molecule is C=CCN(C(=O)C1N(CCCCCCO)C(=O)[C@@H]2[C@H](C(=O)O)[C@]3(CC)CCC12O3)c1c(C)cccc1Cl. The Bertz CT molecular complexity index is 1060. The number of ether oxygens (including phenoxy) is 1. The van der Waals surface area contributed by atoms with Crippen molar-refractivity contribution < 1.29 is 29.3 Å². The first-order valence-electron chi connectivity index (χ1n) is 13.2. The van der Waals surface area contributed by atoms with E-state index in [9.17, 15) is 19.5 Å². The van der Waals surface area contributed by atoms with Crippen LogP contribution in [0.3, 0.4) is 0 Å². The lowest BCUT2D eigenvalue weighted by molar-refractivity contribution is -0.155. The van der Waals surface area contributed by atoms with Crippen molar-refractivity contribution in [2.75, 3.05) is 24.6 Å². The summed E-state index contributed by atoms with van der Waals surface area (Å²) >= 11 is 6.57. The van der Waals surface area contributed by atoms with Crippen LogP contribution in [0.5, 0.6) is 0 Å². The Morgan fingerprint density at radius 1 is 1.27 bits per heavy atom. The summed E-state index contributed by atoms with van der Waals surface area (Å²) in [5.41, 5.74) is -0.799. The Kier molecular flexibility index (Phi) is 8.02. The van der Waals surface area contributed by atoms with Gasteiger partial charge in [0.05, 0.1) is 22.2 Å². The normalized spacial score (nSPS) is 30.0. The molecule has 0 aromatic heterocycles. The zero-order chi connectivity index (χ0) is 27.0. The van der Waals surface area contributed by atoms with E-state index in [-0.39, 0.29) is 25.0 Å². The average Bonchev–Trinajstić information content (AvgIpc) is 3.46. The lowest BCUT2D eigenvalue weighted by Gasteiger charge is -2.37. The van der Waals surface area contributed by atoms with Crippen LogP contribution in [0.4, 0.5) is 5.69 Å². The fourth-order valence-electron chi connectivity index (χ4n) is 6.89. The Balaban J connectivity index is 1.78. The van der Waals surface area contributed by atoms with Gasteiger partial charge in [0.1, 0.15) is 17.6 Å². The highest BCUT2D eigenvalue weighted by molar-refractivity contribution is 6.34. The summed E-state index contributed by atoms with van der Waals surface area (Å²) in [5, 5.41) is 19.7. The molecule has 0 saturated carbocycles. The van der Waals surface area contributed by atoms with E-state index in [0.29, 0.717) is 49.4 Å². The molecule has 37 heavy (non-hydrogen) atoms. The number of hydrogen-bond donors (Lipinski definition) is 2. The summed E-state index contributed by atoms with van der Waals surface area (Å²) in [6.45, 7) is 8.19. The second-order valence-corrected chi connectivity index (χ2v) is 10.9. The highest BCUT2D eigenvalue weighted by atomic mass is 35.5. The zero-order valence-electron chi connectivity index (χ0n) is 21.6. The number of carboxylic acid groups (broad SMARTS) is 1. The van der Waals surface area contributed by atoms with Gasteiger partial charge in [-0.15, -0.1) is 6.58 Å². The minimum absolute atomic E-state index is 0.107. The third-order valence-corrected chi connectivity index (χ3v) is 8.83. The molecule has 3 heterocycles. The lowest BCUT2D eigenvalue weighted by Crippen LogP contribution is -2.56. The number of anilines is 1. The van der Waals surface area contributed by atoms with Crippen LogP contribution in [-0.4, -0.2) is 69.8 Å². The van der Waals surface area contributed by atoms with Crippen molar-refractivity contribution in [3.8, 4) is 0 Å². The minimum Gasteiger partial charge on any atom is -0.481 e. The summed E-state index contributed by atoms with van der Waals surface area (Å²) < 4.78 is 6.62. The van der Waals surface area contributed by atoms with Gasteiger partial charge in [0.15, 0.2) is 0 Å². The number of likely N-dealkylation sites (tertiary alicyclic amines) is 1. The number of aliphatic hydroxyl groups is 1. The van der Waals surface area contributed by atoms with E-state index >= 15 is 0 Å². The molecule has 5 atom stereocenters. The Morgan fingerprint density at radius 3 is 2.62 bits per heavy atom. The number of amides is 2. The number of aliphatic carboxylic acids is 1. The number of carbonyl (C=O) groups is 3. The molecule has 3 fully saturated rings. The predicted octanol–water partition coefficient (Wildman–Crippen LogP) is 3.96. The van der Waals surface area contributed by atoms with Gasteiger partial charge in [0.2, 0.25) is 5.91 Å². The second kappa shape index (κ2) is 10.8. The first-order valence-corrected chi connectivity index (χ1v) is 13.6. The maximum absolute atomic E-state index is 14.5. The monoisotopic (exact) mass is 532 g/mol. The van der Waals surface area contributed by atoms with Gasteiger partial charge in [-0.2, -0.15) is 0 Å². The minimum atomic E-state index is -1.20. The molecule has 4 rings (SSSR count). The standard InChI is InChI=1S/C28H37ClN2O6/c1-4-15-30(22-18(3)11-10-12-19(22)29)25(34)23-28-14-13-27(5-2,37-28)21(26(35)36)20(28)24(33)31(23)16-8-6-7-9-17-32/h4,10-12,20-21,23,32H,1,5-9,13-17H2,2-3H3,(H,35,36)/t20-,21+,23?,27-,28?/m0/s1. The smallest absolute Gasteiger partial charge is 0.310 e. The lowest BCUT2D eigenvalue weighted by atomic mass is 9.65. The fraction of sp³-hybridized carbons (Fsp3) is 0.607. The van der Waals surface area contributed by atoms with Crippen LogP contribution < -0.4 is 4.90 Å². The fourth-order valence-corrected chi connectivity index (χ4v) is 7.22. The highest BCUT2D eigenvalue weighted by Gasteiger charge is 2.79. The third kappa shape index (κ3) is 4.37. The van der Waals surface area contributed by atoms with Gasteiger partial charge in [0, 0.05) is 19.7 Å². The third-order valence-electron chi connectivity index (χ3n) is 8.52. The summed E-state index contributed by atoms with van der Waals surface area (Å²) in [6, 6.07) is 4.44. The number of rotatable bonds is 12. The summed E-state index contributed by atoms with van der Waals surface area (Å²) in [5.74, 6) is -3.62. The van der Waals surface area contributed by atoms with E-state index in [4.69, 9.17) is 21.4 Å². The first-order chi connectivity index (χ1) is 17.7. The van der Waals surface area contributed by atoms with E-state index in [2.05, 4.69) is 6.58 Å². The van der Waals surface area contributed by atoms with Gasteiger partial charge in [-0.25, -0.2) is 0 Å². The largest absolute Gasteiger partial charge is 0.481 e. The number of para-hydroxylation sites is 1. The molecule has 1 aromatic carbocycles. The van der Waals surface area contributed by atoms with E-state index in [0.717, 1.165) is 18.4 Å². The number of hydrogen-bond acceptors (Lipinski definition) is 5. The van der Waals surface area contributed by atoms with Gasteiger partial charge in [-0.05, 0) is 50.7 Å². The molecule has 1 spiro atoms. The predicted molar refractivity (Wildman–Crippen MR) is 140 cm³/mol. The molecule has 2 unspecified atom stereocenters. The van der Waals surface area contributed by atoms with Crippen LogP contribution in [0.1, 0.15) is 57.4 Å². The van der Waals surface area contributed by atoms with Crippen LogP contribution in [0.25, 0.3) is 0 Å². The summed E-state index contributed by atoms with van der Waals surface area (Å²) in [7, 11) is 0. The molecular formula is C28H37ClN2O6. The Morgan fingerprint density at radius 2 is 2.00 bits per heavy atom. The number of aliphatic hydroxyl groups excluding tert-OH is 1. The molecule has 2 bridgehead atoms. The molecule has 2 amide bonds. The maximum Gasteiger partial charge on any atom is 0.310 e. The van der Waals surface area contributed by atoms with Crippen molar-refractivity contribution in [3.63, 3.8) is 0 Å². The van der Waals surface area contributed by atoms with Crippen molar-refractivity contribution >= 4 is 35.1 Å². The van der Waals surface area contributed by atoms with Crippen LogP contribution >= 0.6 is 11.6 Å². The van der Waals surface area contributed by atoms with Crippen molar-refractivity contribution in [2.45, 2.75) is 76.0 Å². The number of carbonyl (C=O) groups excluding carboxylic acids is 2. The number of aryl methyl sites for hydroxylation is 1. The summed E-state index contributed by atoms with van der Waals surface area (Å²) in [6.07, 6.45) is 5.91. The molecule has 0 radical (unpaired) electrons. The molecule has 3 aliphatic heterocycles. The van der Waals surface area contributed by atoms with Gasteiger partial charge in [0.25, 0.3) is 5.91 Å². The molecule has 202 valence electrons. The quantitative estimate of drug-likeness (QED) is 0.312. The van der Waals surface area contributed by atoms with Crippen LogP contribution in [0.15, 0.2) is 30.9 Å². The zero-order valence-corrected chi connectivity index (χ0v) is 22.4. The van der Waals surface area contributed by atoms with E-state index in [1.165, 1.54) is 0 Å². The highest BCUT2D eigenvalue weighted by Crippen LogP contribution is 2.64. The molecule has 0 aliphatic carbocycles. The van der Waals surface area contributed by atoms with Crippen molar-refractivity contribution in [1.29, 1.82) is 0 Å². The van der Waals surface area contributed by atoms with Crippen LogP contribution in [0.2, 0.25) is 5.02 Å². The Hall–Kier alpha value is -2.42. The van der Waals surface area contributed by atoms with Crippen LogP contribution in [0, 0.1) is 18.8 Å². The van der Waals surface area contributed by atoms with E-state index < -0.39 is 35.0 Å². The van der Waals surface area contributed by atoms with Crippen molar-refractivity contribution in [2.24, 2.45) is 11.8 Å². The molecule has 8 nitrogen and oxygen atoms in total. The van der Waals surface area contributed by atoms with Gasteiger partial charge in [-0.1, -0.05) is 49.6 Å². The first kappa shape index (κ1) is 27.6. The van der Waals surface area contributed by atoms with Gasteiger partial charge >= 0.3 is 5.97 Å².